The standard InChI is InChI=1S/C20H23N3OS2/c1-13-5-6-14(2)23(13)20-22-17(12-26-20)11-19(24)21-15(3)16-7-9-18(25-4)10-8-16/h5-10,12,15H,11H2,1-4H3,(H,21,24). The van der Waals surface area contributed by atoms with E-state index in [4.69, 9.17) is 0 Å². The van der Waals surface area contributed by atoms with Gasteiger partial charge in [0.05, 0.1) is 18.2 Å². The van der Waals surface area contributed by atoms with Gasteiger partial charge in [-0.2, -0.15) is 0 Å². The Labute approximate surface area is 162 Å². The lowest BCUT2D eigenvalue weighted by Crippen LogP contribution is -2.28. The second-order valence-electron chi connectivity index (χ2n) is 6.31. The highest BCUT2D eigenvalue weighted by Crippen LogP contribution is 2.21. The average molecular weight is 386 g/mol. The molecule has 1 unspecified atom stereocenters. The van der Waals surface area contributed by atoms with Crippen LogP contribution in [0, 0.1) is 13.8 Å². The fourth-order valence-electron chi connectivity index (χ4n) is 2.88. The van der Waals surface area contributed by atoms with Crippen LogP contribution in [0.5, 0.6) is 0 Å². The van der Waals surface area contributed by atoms with Crippen LogP contribution < -0.4 is 5.32 Å². The van der Waals surface area contributed by atoms with E-state index < -0.39 is 0 Å². The number of hydrogen-bond donors (Lipinski definition) is 1. The van der Waals surface area contributed by atoms with E-state index in [-0.39, 0.29) is 11.9 Å². The fraction of sp³-hybridized carbons (Fsp3) is 0.300. The summed E-state index contributed by atoms with van der Waals surface area (Å²) in [7, 11) is 0. The summed E-state index contributed by atoms with van der Waals surface area (Å²) in [4.78, 5) is 18.2. The first-order valence-electron chi connectivity index (χ1n) is 8.51. The van der Waals surface area contributed by atoms with Crippen molar-refractivity contribution in [3.63, 3.8) is 0 Å². The van der Waals surface area contributed by atoms with E-state index >= 15 is 0 Å². The Kier molecular flexibility index (Phi) is 5.84. The number of rotatable bonds is 6. The number of benzene rings is 1. The second kappa shape index (κ2) is 8.10. The van der Waals surface area contributed by atoms with Crippen LogP contribution in [0.2, 0.25) is 0 Å². The van der Waals surface area contributed by atoms with Crippen molar-refractivity contribution in [2.24, 2.45) is 0 Å². The monoisotopic (exact) mass is 385 g/mol. The van der Waals surface area contributed by atoms with Crippen molar-refractivity contribution in [2.75, 3.05) is 6.26 Å². The smallest absolute Gasteiger partial charge is 0.226 e. The van der Waals surface area contributed by atoms with Gasteiger partial charge in [0.25, 0.3) is 0 Å². The molecule has 1 N–H and O–H groups in total. The Morgan fingerprint density at radius 2 is 1.85 bits per heavy atom. The Morgan fingerprint density at radius 1 is 1.19 bits per heavy atom. The van der Waals surface area contributed by atoms with Crippen molar-refractivity contribution >= 4 is 29.0 Å². The molecule has 0 saturated carbocycles. The molecule has 1 amide bonds. The Morgan fingerprint density at radius 3 is 2.46 bits per heavy atom. The topological polar surface area (TPSA) is 46.9 Å². The molecular formula is C20H23N3OS2. The molecule has 0 spiro atoms. The third-order valence-corrected chi connectivity index (χ3v) is 5.96. The summed E-state index contributed by atoms with van der Waals surface area (Å²) >= 11 is 3.28. The van der Waals surface area contributed by atoms with E-state index in [1.807, 2.05) is 12.3 Å². The van der Waals surface area contributed by atoms with Crippen LogP contribution in [0.25, 0.3) is 5.13 Å². The Balaban J connectivity index is 1.63. The maximum atomic E-state index is 12.4. The number of aryl methyl sites for hydroxylation is 2. The minimum Gasteiger partial charge on any atom is -0.349 e. The molecule has 2 heterocycles. The van der Waals surface area contributed by atoms with Crippen molar-refractivity contribution in [3.8, 4) is 5.13 Å². The predicted octanol–water partition coefficient (Wildman–Crippen LogP) is 4.69. The number of thioether (sulfide) groups is 1. The maximum absolute atomic E-state index is 12.4. The first kappa shape index (κ1) is 18.7. The van der Waals surface area contributed by atoms with Crippen LogP contribution in [0.15, 0.2) is 46.7 Å². The molecule has 4 nitrogen and oxygen atoms in total. The molecule has 136 valence electrons. The molecule has 3 rings (SSSR count). The van der Waals surface area contributed by atoms with E-state index in [0.29, 0.717) is 6.42 Å². The van der Waals surface area contributed by atoms with Gasteiger partial charge in [-0.25, -0.2) is 4.98 Å². The SMILES string of the molecule is CSc1ccc(C(C)NC(=O)Cc2csc(-n3c(C)ccc3C)n2)cc1. The number of aromatic nitrogens is 2. The van der Waals surface area contributed by atoms with Gasteiger partial charge in [-0.1, -0.05) is 12.1 Å². The van der Waals surface area contributed by atoms with Gasteiger partial charge in [0.2, 0.25) is 5.91 Å². The van der Waals surface area contributed by atoms with Crippen LogP contribution in [0.3, 0.4) is 0 Å². The largest absolute Gasteiger partial charge is 0.349 e. The number of nitrogens with zero attached hydrogens (tertiary/aromatic N) is 2. The predicted molar refractivity (Wildman–Crippen MR) is 109 cm³/mol. The number of nitrogens with one attached hydrogen (secondary N) is 1. The molecular weight excluding hydrogens is 362 g/mol. The number of amides is 1. The second-order valence-corrected chi connectivity index (χ2v) is 8.03. The van der Waals surface area contributed by atoms with E-state index in [1.165, 1.54) is 4.90 Å². The quantitative estimate of drug-likeness (QED) is 0.626. The van der Waals surface area contributed by atoms with Crippen molar-refractivity contribution in [2.45, 2.75) is 38.1 Å². The summed E-state index contributed by atoms with van der Waals surface area (Å²) in [6.07, 6.45) is 2.35. The van der Waals surface area contributed by atoms with Crippen molar-refractivity contribution in [1.82, 2.24) is 14.9 Å². The van der Waals surface area contributed by atoms with Crippen LogP contribution >= 0.6 is 23.1 Å². The molecule has 0 saturated heterocycles. The molecule has 26 heavy (non-hydrogen) atoms. The average Bonchev–Trinajstić information content (AvgIpc) is 3.20. The lowest BCUT2D eigenvalue weighted by Gasteiger charge is -2.14. The van der Waals surface area contributed by atoms with Crippen molar-refractivity contribution < 1.29 is 4.79 Å². The van der Waals surface area contributed by atoms with E-state index in [1.54, 1.807) is 23.1 Å². The van der Waals surface area contributed by atoms with Gasteiger partial charge in [0, 0.05) is 21.7 Å². The molecule has 1 atom stereocenters. The highest BCUT2D eigenvalue weighted by molar-refractivity contribution is 7.98. The highest BCUT2D eigenvalue weighted by Gasteiger charge is 2.14. The van der Waals surface area contributed by atoms with Crippen LogP contribution in [0.1, 0.15) is 35.6 Å². The minimum absolute atomic E-state index is 0.00996. The molecule has 0 aliphatic heterocycles. The molecule has 0 bridgehead atoms. The molecule has 0 radical (unpaired) electrons. The van der Waals surface area contributed by atoms with Gasteiger partial charge in [0.1, 0.15) is 0 Å². The van der Waals surface area contributed by atoms with Crippen LogP contribution in [-0.2, 0) is 11.2 Å². The van der Waals surface area contributed by atoms with E-state index in [2.05, 4.69) is 71.4 Å². The van der Waals surface area contributed by atoms with Gasteiger partial charge < -0.3 is 5.32 Å². The number of thiazole rings is 1. The highest BCUT2D eigenvalue weighted by atomic mass is 32.2. The van der Waals surface area contributed by atoms with Crippen LogP contribution in [-0.4, -0.2) is 21.7 Å². The van der Waals surface area contributed by atoms with E-state index in [0.717, 1.165) is 27.8 Å². The Bertz CT molecular complexity index is 877. The summed E-state index contributed by atoms with van der Waals surface area (Å²) < 4.78 is 2.11. The lowest BCUT2D eigenvalue weighted by atomic mass is 10.1. The van der Waals surface area contributed by atoms with Crippen molar-refractivity contribution in [3.05, 3.63) is 64.4 Å². The van der Waals surface area contributed by atoms with Crippen molar-refractivity contribution in [1.29, 1.82) is 0 Å². The van der Waals surface area contributed by atoms with Gasteiger partial charge in [-0.15, -0.1) is 23.1 Å². The molecule has 0 fully saturated rings. The van der Waals surface area contributed by atoms with E-state index in [9.17, 15) is 4.79 Å². The molecule has 1 aromatic carbocycles. The first-order valence-corrected chi connectivity index (χ1v) is 10.6. The van der Waals surface area contributed by atoms with Gasteiger partial charge in [-0.3, -0.25) is 9.36 Å². The number of carbonyl (C=O) groups excluding carboxylic acids is 1. The first-order chi connectivity index (χ1) is 12.5. The molecule has 3 aromatic rings. The maximum Gasteiger partial charge on any atom is 0.226 e. The van der Waals surface area contributed by atoms with Gasteiger partial charge in [-0.05, 0) is 56.9 Å². The van der Waals surface area contributed by atoms with Crippen LogP contribution in [0.4, 0.5) is 0 Å². The van der Waals surface area contributed by atoms with Gasteiger partial charge in [0.15, 0.2) is 5.13 Å². The zero-order valence-electron chi connectivity index (χ0n) is 15.4. The normalized spacial score (nSPS) is 12.2. The number of carbonyl (C=O) groups is 1. The zero-order valence-corrected chi connectivity index (χ0v) is 17.1. The minimum atomic E-state index is -0.0227. The summed E-state index contributed by atoms with van der Waals surface area (Å²) in [6, 6.07) is 12.4. The number of hydrogen-bond acceptors (Lipinski definition) is 4. The zero-order chi connectivity index (χ0) is 18.7. The fourth-order valence-corrected chi connectivity index (χ4v) is 4.23. The van der Waals surface area contributed by atoms with Gasteiger partial charge >= 0.3 is 0 Å². The molecule has 6 heteroatoms. The third-order valence-electron chi connectivity index (χ3n) is 4.34. The summed E-state index contributed by atoms with van der Waals surface area (Å²) in [5, 5.41) is 5.94. The lowest BCUT2D eigenvalue weighted by molar-refractivity contribution is -0.121. The summed E-state index contributed by atoms with van der Waals surface area (Å²) in [6.45, 7) is 6.13. The Hall–Kier alpha value is -2.05. The third kappa shape index (κ3) is 4.19. The molecule has 2 aromatic heterocycles. The molecule has 0 aliphatic rings. The molecule has 0 aliphatic carbocycles. The summed E-state index contributed by atoms with van der Waals surface area (Å²) in [5.41, 5.74) is 4.21. The summed E-state index contributed by atoms with van der Waals surface area (Å²) in [5.74, 6) is -0.00996.